The zero-order valence-electron chi connectivity index (χ0n) is 18.1. The molecule has 1 fully saturated rings. The first-order chi connectivity index (χ1) is 15.5. The zero-order chi connectivity index (χ0) is 22.5. The lowest BCUT2D eigenvalue weighted by molar-refractivity contribution is -0.126. The molecule has 2 heterocycles. The number of rotatable bonds is 6. The summed E-state index contributed by atoms with van der Waals surface area (Å²) in [5.41, 5.74) is 2.78. The molecule has 3 aromatic rings. The number of hydrogen-bond acceptors (Lipinski definition) is 3. The minimum Gasteiger partial charge on any atom is -0.467 e. The van der Waals surface area contributed by atoms with Crippen LogP contribution < -0.4 is 5.32 Å². The Bertz CT molecular complexity index is 1050. The predicted octanol–water partition coefficient (Wildman–Crippen LogP) is 4.54. The lowest BCUT2D eigenvalue weighted by Crippen LogP contribution is -2.48. The van der Waals surface area contributed by atoms with Crippen LogP contribution in [0, 0.1) is 11.7 Å². The number of piperidine rings is 1. The fourth-order valence-corrected chi connectivity index (χ4v) is 4.23. The molecule has 1 saturated heterocycles. The van der Waals surface area contributed by atoms with E-state index in [0.29, 0.717) is 37.4 Å². The van der Waals surface area contributed by atoms with Crippen LogP contribution in [0.25, 0.3) is 0 Å². The first kappa shape index (κ1) is 21.8. The van der Waals surface area contributed by atoms with E-state index in [1.165, 1.54) is 29.8 Å². The molecule has 2 aromatic carbocycles. The molecule has 1 aliphatic rings. The Hall–Kier alpha value is -3.41. The molecule has 4 rings (SSSR count). The number of nitrogens with one attached hydrogen (secondary N) is 1. The number of aryl methyl sites for hydroxylation is 1. The highest BCUT2D eigenvalue weighted by Crippen LogP contribution is 2.31. The maximum atomic E-state index is 13.3. The minimum atomic E-state index is -0.385. The molecule has 2 atom stereocenters. The van der Waals surface area contributed by atoms with E-state index >= 15 is 0 Å². The van der Waals surface area contributed by atoms with Gasteiger partial charge in [-0.1, -0.05) is 31.2 Å². The molecule has 6 heteroatoms. The summed E-state index contributed by atoms with van der Waals surface area (Å²) in [6.45, 7) is 3.26. The molecule has 2 unspecified atom stereocenters. The maximum absolute atomic E-state index is 13.3. The normalized spacial score (nSPS) is 18.4. The molecule has 1 aliphatic heterocycles. The molecule has 166 valence electrons. The van der Waals surface area contributed by atoms with Crippen molar-refractivity contribution in [2.45, 2.75) is 32.2 Å². The van der Waals surface area contributed by atoms with Crippen molar-refractivity contribution in [3.05, 3.63) is 95.2 Å². The summed E-state index contributed by atoms with van der Waals surface area (Å²) in [5.74, 6) is -0.307. The van der Waals surface area contributed by atoms with Gasteiger partial charge < -0.3 is 14.6 Å². The van der Waals surface area contributed by atoms with Gasteiger partial charge in [-0.15, -0.1) is 0 Å². The number of likely N-dealkylation sites (tertiary alicyclic amines) is 1. The third-order valence-electron chi connectivity index (χ3n) is 6.08. The highest BCUT2D eigenvalue weighted by Gasteiger charge is 2.35. The van der Waals surface area contributed by atoms with Gasteiger partial charge in [-0.05, 0) is 60.4 Å². The second-order valence-corrected chi connectivity index (χ2v) is 8.24. The Labute approximate surface area is 187 Å². The molecule has 0 spiro atoms. The molecule has 1 aromatic heterocycles. The largest absolute Gasteiger partial charge is 0.467 e. The van der Waals surface area contributed by atoms with Crippen LogP contribution in [-0.2, 0) is 17.8 Å². The number of hydrogen-bond donors (Lipinski definition) is 1. The molecule has 2 amide bonds. The Morgan fingerprint density at radius 3 is 2.47 bits per heavy atom. The summed E-state index contributed by atoms with van der Waals surface area (Å²) in [6.07, 6.45) is 3.18. The molecule has 5 nitrogen and oxygen atoms in total. The number of amides is 2. The first-order valence-electron chi connectivity index (χ1n) is 11.0. The van der Waals surface area contributed by atoms with Gasteiger partial charge in [0.25, 0.3) is 5.91 Å². The Balaban J connectivity index is 1.54. The van der Waals surface area contributed by atoms with E-state index in [0.717, 1.165) is 12.0 Å². The first-order valence-corrected chi connectivity index (χ1v) is 11.0. The maximum Gasteiger partial charge on any atom is 0.253 e. The Morgan fingerprint density at radius 1 is 1.06 bits per heavy atom. The third-order valence-corrected chi connectivity index (χ3v) is 6.08. The van der Waals surface area contributed by atoms with E-state index in [1.54, 1.807) is 17.2 Å². The van der Waals surface area contributed by atoms with Gasteiger partial charge in [0, 0.05) is 24.6 Å². The van der Waals surface area contributed by atoms with Crippen molar-refractivity contribution in [1.29, 1.82) is 0 Å². The van der Waals surface area contributed by atoms with Crippen molar-refractivity contribution in [2.24, 2.45) is 5.92 Å². The fraction of sp³-hybridized carbons (Fsp3) is 0.308. The number of halogens is 1. The summed E-state index contributed by atoms with van der Waals surface area (Å²) < 4.78 is 18.6. The molecule has 1 N–H and O–H groups in total. The van der Waals surface area contributed by atoms with Crippen LogP contribution in [0.2, 0.25) is 0 Å². The molecule has 32 heavy (non-hydrogen) atoms. The second kappa shape index (κ2) is 9.81. The highest BCUT2D eigenvalue weighted by atomic mass is 19.1. The highest BCUT2D eigenvalue weighted by molar-refractivity contribution is 5.94. The number of benzene rings is 2. The molecular formula is C26H27FN2O3. The van der Waals surface area contributed by atoms with E-state index in [2.05, 4.69) is 36.5 Å². The van der Waals surface area contributed by atoms with Crippen LogP contribution in [0.5, 0.6) is 0 Å². The summed E-state index contributed by atoms with van der Waals surface area (Å²) >= 11 is 0. The number of furan rings is 1. The van der Waals surface area contributed by atoms with Crippen LogP contribution in [-0.4, -0.2) is 29.8 Å². The molecule has 0 aliphatic carbocycles. The van der Waals surface area contributed by atoms with Crippen LogP contribution in [0.1, 0.15) is 46.5 Å². The monoisotopic (exact) mass is 434 g/mol. The fourth-order valence-electron chi connectivity index (χ4n) is 4.23. The summed E-state index contributed by atoms with van der Waals surface area (Å²) in [6, 6.07) is 17.5. The van der Waals surface area contributed by atoms with Crippen molar-refractivity contribution in [1.82, 2.24) is 10.2 Å². The van der Waals surface area contributed by atoms with E-state index in [-0.39, 0.29) is 29.5 Å². The molecular weight excluding hydrogens is 407 g/mol. The lowest BCUT2D eigenvalue weighted by atomic mass is 9.83. The van der Waals surface area contributed by atoms with Crippen molar-refractivity contribution in [3.63, 3.8) is 0 Å². The molecule has 0 saturated carbocycles. The SMILES string of the molecule is CCc1ccc(C2CC(C(=O)NCc3ccco3)CN(C(=O)c3ccc(F)cc3)C2)cc1. The van der Waals surface area contributed by atoms with Gasteiger partial charge in [0.15, 0.2) is 0 Å². The van der Waals surface area contributed by atoms with Crippen LogP contribution in [0.15, 0.2) is 71.3 Å². The molecule has 0 radical (unpaired) electrons. The smallest absolute Gasteiger partial charge is 0.253 e. The Morgan fingerprint density at radius 2 is 1.81 bits per heavy atom. The molecule has 0 bridgehead atoms. The van der Waals surface area contributed by atoms with Crippen LogP contribution in [0.3, 0.4) is 0 Å². The number of carbonyl (C=O) groups is 2. The van der Waals surface area contributed by atoms with E-state index in [1.807, 2.05) is 6.07 Å². The van der Waals surface area contributed by atoms with Crippen LogP contribution >= 0.6 is 0 Å². The van der Waals surface area contributed by atoms with Gasteiger partial charge in [0.2, 0.25) is 5.91 Å². The van der Waals surface area contributed by atoms with Gasteiger partial charge in [0.1, 0.15) is 11.6 Å². The second-order valence-electron chi connectivity index (χ2n) is 8.24. The van der Waals surface area contributed by atoms with Gasteiger partial charge >= 0.3 is 0 Å². The van der Waals surface area contributed by atoms with E-state index in [4.69, 9.17) is 4.42 Å². The van der Waals surface area contributed by atoms with Crippen molar-refractivity contribution in [2.75, 3.05) is 13.1 Å². The van der Waals surface area contributed by atoms with Gasteiger partial charge in [-0.2, -0.15) is 0 Å². The average molecular weight is 435 g/mol. The van der Waals surface area contributed by atoms with Gasteiger partial charge in [0.05, 0.1) is 18.7 Å². The lowest BCUT2D eigenvalue weighted by Gasteiger charge is -2.37. The topological polar surface area (TPSA) is 62.6 Å². The third kappa shape index (κ3) is 5.07. The zero-order valence-corrected chi connectivity index (χ0v) is 18.1. The van der Waals surface area contributed by atoms with E-state index in [9.17, 15) is 14.0 Å². The summed E-state index contributed by atoms with van der Waals surface area (Å²) in [4.78, 5) is 27.9. The van der Waals surface area contributed by atoms with Crippen molar-refractivity contribution in [3.8, 4) is 0 Å². The van der Waals surface area contributed by atoms with Gasteiger partial charge in [-0.25, -0.2) is 4.39 Å². The number of nitrogens with zero attached hydrogens (tertiary/aromatic N) is 1. The minimum absolute atomic E-state index is 0.0402. The standard InChI is InChI=1S/C26H27FN2O3/c1-2-18-5-7-19(8-6-18)21-14-22(25(30)28-15-24-4-3-13-32-24)17-29(16-21)26(31)20-9-11-23(27)12-10-20/h3-13,21-22H,2,14-17H2,1H3,(H,28,30). The quantitative estimate of drug-likeness (QED) is 0.619. The van der Waals surface area contributed by atoms with Crippen molar-refractivity contribution < 1.29 is 18.4 Å². The van der Waals surface area contributed by atoms with Crippen LogP contribution in [0.4, 0.5) is 4.39 Å². The van der Waals surface area contributed by atoms with Gasteiger partial charge in [-0.3, -0.25) is 9.59 Å². The Kier molecular flexibility index (Phi) is 6.69. The predicted molar refractivity (Wildman–Crippen MR) is 120 cm³/mol. The number of carbonyl (C=O) groups excluding carboxylic acids is 2. The van der Waals surface area contributed by atoms with Crippen molar-refractivity contribution >= 4 is 11.8 Å². The average Bonchev–Trinajstić information content (AvgIpc) is 3.36. The van der Waals surface area contributed by atoms with E-state index < -0.39 is 0 Å². The summed E-state index contributed by atoms with van der Waals surface area (Å²) in [5, 5.41) is 2.93. The summed E-state index contributed by atoms with van der Waals surface area (Å²) in [7, 11) is 0.